The summed E-state index contributed by atoms with van der Waals surface area (Å²) in [7, 11) is 1.48. The van der Waals surface area contributed by atoms with E-state index in [4.69, 9.17) is 4.74 Å². The van der Waals surface area contributed by atoms with Gasteiger partial charge in [0.05, 0.1) is 37.4 Å². The first-order chi connectivity index (χ1) is 17.2. The molecule has 5 aliphatic carbocycles. The molecule has 5 rings (SSSR count). The molecule has 4 fully saturated rings. The van der Waals surface area contributed by atoms with Crippen molar-refractivity contribution in [2.75, 3.05) is 20.3 Å². The van der Waals surface area contributed by atoms with Crippen LogP contribution in [-0.2, 0) is 9.53 Å². The molecule has 5 aliphatic rings. The number of carbonyl (C=O) groups is 1. The Morgan fingerprint density at radius 1 is 0.973 bits per heavy atom. The lowest BCUT2D eigenvalue weighted by Gasteiger charge is -2.72. The SMILES string of the molecule is COC(=O)[C@]12CC[C@@H](C)[C@@](C)(O)[C@@H]1C1=CC[C@@H]3[C@@]4(C)CC[C@H](O)C(CO)(CO)[C@@H]4CC[C@@]3(C)[C@]1(C)CC2. The number of aliphatic hydroxyl groups excluding tert-OH is 3. The molecule has 4 saturated carbocycles. The molecule has 0 bridgehead atoms. The summed E-state index contributed by atoms with van der Waals surface area (Å²) in [5.41, 5.74) is -1.64. The lowest BCUT2D eigenvalue weighted by atomic mass is 9.33. The zero-order valence-corrected chi connectivity index (χ0v) is 23.8. The standard InChI is InChI=1S/C31H50O6/c1-19-9-14-30(25(35)37-6)16-15-27(3)20(24(30)29(19,5)36)7-8-21-26(2)12-11-23(34)31(17-32,18-33)22(26)10-13-28(21,27)4/h7,19,21-24,32-34,36H,8-18H2,1-6H3/t19-,21-,22-,23+,24+,26-,27-,28-,29-,30+/m1/s1. The van der Waals surface area contributed by atoms with Gasteiger partial charge in [0.25, 0.3) is 0 Å². The minimum Gasteiger partial charge on any atom is -0.469 e. The van der Waals surface area contributed by atoms with Gasteiger partial charge in [-0.1, -0.05) is 39.3 Å². The molecule has 0 aromatic rings. The van der Waals surface area contributed by atoms with E-state index in [-0.39, 0.29) is 53.2 Å². The number of methoxy groups -OCH3 is 1. The smallest absolute Gasteiger partial charge is 0.312 e. The van der Waals surface area contributed by atoms with E-state index < -0.39 is 22.5 Å². The van der Waals surface area contributed by atoms with Crippen LogP contribution in [0, 0.1) is 50.7 Å². The number of rotatable bonds is 3. The predicted octanol–water partition coefficient (Wildman–Crippen LogP) is 4.24. The number of carbonyl (C=O) groups excluding carboxylic acids is 1. The van der Waals surface area contributed by atoms with Gasteiger partial charge in [0.15, 0.2) is 0 Å². The summed E-state index contributed by atoms with van der Waals surface area (Å²) in [5.74, 6) is 0.0276. The molecule has 0 aromatic heterocycles. The normalized spacial score (nSPS) is 52.6. The molecule has 0 amide bonds. The summed E-state index contributed by atoms with van der Waals surface area (Å²) >= 11 is 0. The Labute approximate surface area is 222 Å². The highest BCUT2D eigenvalue weighted by molar-refractivity contribution is 5.79. The molecule has 0 radical (unpaired) electrons. The highest BCUT2D eigenvalue weighted by atomic mass is 16.5. The zero-order valence-electron chi connectivity index (χ0n) is 23.8. The highest BCUT2D eigenvalue weighted by Crippen LogP contribution is 2.76. The van der Waals surface area contributed by atoms with Gasteiger partial charge in [0.1, 0.15) is 0 Å². The van der Waals surface area contributed by atoms with Crippen molar-refractivity contribution in [3.05, 3.63) is 11.6 Å². The zero-order chi connectivity index (χ0) is 27.2. The lowest BCUT2D eigenvalue weighted by molar-refractivity contribution is -0.235. The van der Waals surface area contributed by atoms with E-state index in [2.05, 4.69) is 33.8 Å². The summed E-state index contributed by atoms with van der Waals surface area (Å²) in [4.78, 5) is 13.4. The summed E-state index contributed by atoms with van der Waals surface area (Å²) < 4.78 is 5.42. The second-order valence-electron chi connectivity index (χ2n) is 14.6. The molecule has 0 aliphatic heterocycles. The van der Waals surface area contributed by atoms with E-state index in [9.17, 15) is 25.2 Å². The lowest BCUT2D eigenvalue weighted by Crippen LogP contribution is -2.68. The number of aliphatic hydroxyl groups is 4. The van der Waals surface area contributed by atoms with Crippen LogP contribution >= 0.6 is 0 Å². The Kier molecular flexibility index (Phi) is 6.36. The van der Waals surface area contributed by atoms with Gasteiger partial charge in [-0.3, -0.25) is 4.79 Å². The minimum atomic E-state index is -0.998. The number of esters is 1. The average molecular weight is 519 g/mol. The second kappa shape index (κ2) is 8.52. The Morgan fingerprint density at radius 2 is 1.65 bits per heavy atom. The van der Waals surface area contributed by atoms with E-state index >= 15 is 0 Å². The molecule has 0 saturated heterocycles. The first kappa shape index (κ1) is 27.6. The summed E-state index contributed by atoms with van der Waals surface area (Å²) in [6.45, 7) is 10.8. The topological polar surface area (TPSA) is 107 Å². The molecule has 10 atom stereocenters. The molecule has 0 unspecified atom stereocenters. The van der Waals surface area contributed by atoms with E-state index in [1.54, 1.807) is 0 Å². The third-order valence-electron chi connectivity index (χ3n) is 13.8. The Hall–Kier alpha value is -0.950. The van der Waals surface area contributed by atoms with Gasteiger partial charge in [-0.25, -0.2) is 0 Å². The largest absolute Gasteiger partial charge is 0.469 e. The fourth-order valence-corrected chi connectivity index (χ4v) is 11.2. The van der Waals surface area contributed by atoms with Crippen molar-refractivity contribution in [1.29, 1.82) is 0 Å². The van der Waals surface area contributed by atoms with Crippen LogP contribution in [0.4, 0.5) is 0 Å². The van der Waals surface area contributed by atoms with Gasteiger partial charge >= 0.3 is 5.97 Å². The molecule has 4 N–H and O–H groups in total. The van der Waals surface area contributed by atoms with Crippen molar-refractivity contribution >= 4 is 5.97 Å². The van der Waals surface area contributed by atoms with E-state index in [0.29, 0.717) is 12.3 Å². The molecular weight excluding hydrogens is 468 g/mol. The van der Waals surface area contributed by atoms with Gasteiger partial charge in [-0.2, -0.15) is 0 Å². The first-order valence-electron chi connectivity index (χ1n) is 14.7. The maximum Gasteiger partial charge on any atom is 0.312 e. The third-order valence-corrected chi connectivity index (χ3v) is 13.8. The number of fused-ring (bicyclic) bond motifs is 7. The van der Waals surface area contributed by atoms with Crippen LogP contribution in [0.5, 0.6) is 0 Å². The van der Waals surface area contributed by atoms with Crippen molar-refractivity contribution < 1.29 is 30.0 Å². The van der Waals surface area contributed by atoms with Crippen molar-refractivity contribution in [2.45, 2.75) is 104 Å². The highest BCUT2D eigenvalue weighted by Gasteiger charge is 2.72. The quantitative estimate of drug-likeness (QED) is 0.329. The molecule has 37 heavy (non-hydrogen) atoms. The Bertz CT molecular complexity index is 969. The monoisotopic (exact) mass is 518 g/mol. The number of hydrogen-bond acceptors (Lipinski definition) is 6. The first-order valence-corrected chi connectivity index (χ1v) is 14.7. The van der Waals surface area contributed by atoms with Gasteiger partial charge < -0.3 is 25.2 Å². The van der Waals surface area contributed by atoms with Crippen LogP contribution in [0.1, 0.15) is 92.4 Å². The molecule has 0 spiro atoms. The maximum absolute atomic E-state index is 13.4. The van der Waals surface area contributed by atoms with Crippen molar-refractivity contribution in [3.8, 4) is 0 Å². The van der Waals surface area contributed by atoms with Crippen LogP contribution in [0.15, 0.2) is 11.6 Å². The van der Waals surface area contributed by atoms with Crippen molar-refractivity contribution in [1.82, 2.24) is 0 Å². The van der Waals surface area contributed by atoms with Crippen LogP contribution in [-0.4, -0.2) is 58.4 Å². The van der Waals surface area contributed by atoms with E-state index in [0.717, 1.165) is 51.4 Å². The number of allylic oxidation sites excluding steroid dienone is 1. The van der Waals surface area contributed by atoms with Gasteiger partial charge in [0, 0.05) is 11.3 Å². The van der Waals surface area contributed by atoms with Gasteiger partial charge in [-0.05, 0) is 98.7 Å². The minimum absolute atomic E-state index is 0.0472. The summed E-state index contributed by atoms with van der Waals surface area (Å²) in [5, 5.41) is 44.0. The van der Waals surface area contributed by atoms with Crippen LogP contribution in [0.2, 0.25) is 0 Å². The average Bonchev–Trinajstić information content (AvgIpc) is 2.87. The van der Waals surface area contributed by atoms with Crippen molar-refractivity contribution in [3.63, 3.8) is 0 Å². The second-order valence-corrected chi connectivity index (χ2v) is 14.6. The van der Waals surface area contributed by atoms with Gasteiger partial charge in [0.2, 0.25) is 0 Å². The predicted molar refractivity (Wildman–Crippen MR) is 141 cm³/mol. The third kappa shape index (κ3) is 3.16. The van der Waals surface area contributed by atoms with E-state index in [1.165, 1.54) is 12.7 Å². The van der Waals surface area contributed by atoms with Crippen LogP contribution in [0.3, 0.4) is 0 Å². The fraction of sp³-hybridized carbons (Fsp3) is 0.903. The molecule has 210 valence electrons. The summed E-state index contributed by atoms with van der Waals surface area (Å²) in [6.07, 6.45) is 8.98. The van der Waals surface area contributed by atoms with E-state index in [1.807, 2.05) is 6.92 Å². The van der Waals surface area contributed by atoms with Gasteiger partial charge in [-0.15, -0.1) is 0 Å². The Morgan fingerprint density at radius 3 is 2.27 bits per heavy atom. The fourth-order valence-electron chi connectivity index (χ4n) is 11.2. The number of ether oxygens (including phenoxy) is 1. The number of hydrogen-bond donors (Lipinski definition) is 4. The summed E-state index contributed by atoms with van der Waals surface area (Å²) in [6, 6.07) is 0. The molecule has 0 heterocycles. The van der Waals surface area contributed by atoms with Crippen molar-refractivity contribution in [2.24, 2.45) is 50.7 Å². The van der Waals surface area contributed by atoms with Crippen LogP contribution in [0.25, 0.3) is 0 Å². The Balaban J connectivity index is 1.64. The molecule has 6 heteroatoms. The molecule has 6 nitrogen and oxygen atoms in total. The molecular formula is C31H50O6. The van der Waals surface area contributed by atoms with Crippen LogP contribution < -0.4 is 0 Å². The maximum atomic E-state index is 13.4. The molecule has 0 aromatic carbocycles.